The van der Waals surface area contributed by atoms with Crippen LogP contribution in [0.1, 0.15) is 38.7 Å². The average Bonchev–Trinajstić information content (AvgIpc) is 3.37. The van der Waals surface area contributed by atoms with Crippen LogP contribution in [0.15, 0.2) is 59.5 Å². The number of nitrogens with zero attached hydrogens (tertiary/aromatic N) is 1. The second kappa shape index (κ2) is 8.63. The molecule has 1 aliphatic rings. The number of carbonyl (C=O) groups is 2. The molecular weight excluding hydrogens is 422 g/mol. The Morgan fingerprint density at radius 2 is 1.78 bits per heavy atom. The molecule has 5 nitrogen and oxygen atoms in total. The summed E-state index contributed by atoms with van der Waals surface area (Å²) in [6.45, 7) is 5.98. The van der Waals surface area contributed by atoms with E-state index in [0.29, 0.717) is 17.9 Å². The van der Waals surface area contributed by atoms with Gasteiger partial charge in [-0.15, -0.1) is 11.3 Å². The summed E-state index contributed by atoms with van der Waals surface area (Å²) in [5.74, 6) is -0.725. The number of hydrogen-bond donors (Lipinski definition) is 1. The Morgan fingerprint density at radius 3 is 2.44 bits per heavy atom. The van der Waals surface area contributed by atoms with Gasteiger partial charge in [-0.05, 0) is 66.6 Å². The van der Waals surface area contributed by atoms with E-state index in [0.717, 1.165) is 27.1 Å². The number of aliphatic hydroxyl groups is 1. The molecule has 3 aromatic rings. The van der Waals surface area contributed by atoms with Crippen molar-refractivity contribution in [1.29, 1.82) is 0 Å². The van der Waals surface area contributed by atoms with Gasteiger partial charge in [0.1, 0.15) is 11.5 Å². The molecule has 1 fully saturated rings. The third-order valence-electron chi connectivity index (χ3n) is 5.93. The molecule has 164 valence electrons. The lowest BCUT2D eigenvalue weighted by Gasteiger charge is -2.26. The fourth-order valence-electron chi connectivity index (χ4n) is 4.24. The molecule has 1 aliphatic heterocycles. The van der Waals surface area contributed by atoms with Crippen LogP contribution in [0.25, 0.3) is 5.76 Å². The van der Waals surface area contributed by atoms with Crippen LogP contribution in [0.5, 0.6) is 5.75 Å². The van der Waals surface area contributed by atoms with Crippen molar-refractivity contribution in [3.05, 3.63) is 92.2 Å². The van der Waals surface area contributed by atoms with Gasteiger partial charge in [0.2, 0.25) is 0 Å². The zero-order valence-corrected chi connectivity index (χ0v) is 19.3. The highest BCUT2D eigenvalue weighted by atomic mass is 32.1. The predicted octanol–water partition coefficient (Wildman–Crippen LogP) is 5.30. The number of aryl methyl sites for hydroxylation is 3. The number of benzene rings is 2. The van der Waals surface area contributed by atoms with Gasteiger partial charge in [-0.25, -0.2) is 0 Å². The second-order valence-electron chi connectivity index (χ2n) is 8.00. The van der Waals surface area contributed by atoms with Gasteiger partial charge in [-0.1, -0.05) is 30.3 Å². The minimum Gasteiger partial charge on any atom is -0.507 e. The van der Waals surface area contributed by atoms with E-state index in [1.54, 1.807) is 18.1 Å². The van der Waals surface area contributed by atoms with Crippen LogP contribution < -0.4 is 4.74 Å². The molecule has 2 heterocycles. The summed E-state index contributed by atoms with van der Waals surface area (Å²) in [7, 11) is 1.59. The summed E-state index contributed by atoms with van der Waals surface area (Å²) in [6, 6.07) is 14.5. The highest BCUT2D eigenvalue weighted by Crippen LogP contribution is 2.42. The van der Waals surface area contributed by atoms with Crippen LogP contribution in [0.4, 0.5) is 0 Å². The molecule has 0 radical (unpaired) electrons. The molecule has 1 unspecified atom stereocenters. The Morgan fingerprint density at radius 1 is 1.03 bits per heavy atom. The first-order valence-electron chi connectivity index (χ1n) is 10.4. The van der Waals surface area contributed by atoms with Gasteiger partial charge in [0.05, 0.1) is 25.3 Å². The molecule has 0 bridgehead atoms. The number of carbonyl (C=O) groups excluding carboxylic acids is 2. The number of amides is 1. The Kier molecular flexibility index (Phi) is 5.89. The van der Waals surface area contributed by atoms with Crippen LogP contribution in [0.3, 0.4) is 0 Å². The van der Waals surface area contributed by atoms with E-state index < -0.39 is 17.7 Å². The number of Topliss-reactive ketones (excluding diaryl/α,β-unsaturated/α-hetero) is 1. The number of thiophene rings is 1. The van der Waals surface area contributed by atoms with Gasteiger partial charge in [-0.3, -0.25) is 9.59 Å². The maximum atomic E-state index is 13.2. The van der Waals surface area contributed by atoms with Crippen LogP contribution in [0.2, 0.25) is 0 Å². The Bertz CT molecular complexity index is 1230. The number of aliphatic hydroxyl groups excluding tert-OH is 1. The first kappa shape index (κ1) is 21.8. The maximum Gasteiger partial charge on any atom is 0.295 e. The van der Waals surface area contributed by atoms with Crippen molar-refractivity contribution in [2.45, 2.75) is 33.4 Å². The van der Waals surface area contributed by atoms with Crippen molar-refractivity contribution in [3.8, 4) is 5.75 Å². The van der Waals surface area contributed by atoms with Crippen LogP contribution in [0, 0.1) is 20.8 Å². The molecule has 1 atom stereocenters. The highest BCUT2D eigenvalue weighted by molar-refractivity contribution is 7.09. The molecule has 0 spiro atoms. The molecule has 1 N–H and O–H groups in total. The van der Waals surface area contributed by atoms with E-state index >= 15 is 0 Å². The largest absolute Gasteiger partial charge is 0.507 e. The maximum absolute atomic E-state index is 13.2. The van der Waals surface area contributed by atoms with E-state index in [2.05, 4.69) is 0 Å². The topological polar surface area (TPSA) is 66.8 Å². The molecule has 2 aromatic carbocycles. The summed E-state index contributed by atoms with van der Waals surface area (Å²) >= 11 is 1.53. The molecule has 0 saturated carbocycles. The third kappa shape index (κ3) is 3.71. The van der Waals surface area contributed by atoms with Crippen LogP contribution in [-0.4, -0.2) is 28.8 Å². The zero-order valence-electron chi connectivity index (χ0n) is 18.5. The lowest BCUT2D eigenvalue weighted by atomic mass is 9.91. The number of hydrogen-bond acceptors (Lipinski definition) is 5. The van der Waals surface area contributed by atoms with Gasteiger partial charge in [0.25, 0.3) is 11.7 Å². The quantitative estimate of drug-likeness (QED) is 0.327. The van der Waals surface area contributed by atoms with Gasteiger partial charge in [0, 0.05) is 10.4 Å². The minimum absolute atomic E-state index is 0.119. The van der Waals surface area contributed by atoms with Crippen molar-refractivity contribution in [1.82, 2.24) is 4.90 Å². The lowest BCUT2D eigenvalue weighted by molar-refractivity contribution is -0.140. The van der Waals surface area contributed by atoms with Crippen LogP contribution >= 0.6 is 11.3 Å². The second-order valence-corrected chi connectivity index (χ2v) is 9.03. The monoisotopic (exact) mass is 447 g/mol. The first-order valence-corrected chi connectivity index (χ1v) is 11.2. The molecular formula is C26H25NO4S. The summed E-state index contributed by atoms with van der Waals surface area (Å²) in [6.07, 6.45) is 0. The van der Waals surface area contributed by atoms with E-state index in [4.69, 9.17) is 4.74 Å². The number of ketones is 1. The van der Waals surface area contributed by atoms with Crippen LogP contribution in [-0.2, 0) is 16.1 Å². The fourth-order valence-corrected chi connectivity index (χ4v) is 4.94. The Hall–Kier alpha value is -3.38. The third-order valence-corrected chi connectivity index (χ3v) is 6.79. The van der Waals surface area contributed by atoms with Gasteiger partial charge >= 0.3 is 0 Å². The normalized spacial score (nSPS) is 17.8. The lowest BCUT2D eigenvalue weighted by Crippen LogP contribution is -2.29. The molecule has 1 amide bonds. The smallest absolute Gasteiger partial charge is 0.295 e. The fraction of sp³-hybridized carbons (Fsp3) is 0.231. The highest BCUT2D eigenvalue weighted by Gasteiger charge is 2.46. The molecule has 4 rings (SSSR count). The summed E-state index contributed by atoms with van der Waals surface area (Å²) in [5, 5.41) is 13.3. The summed E-state index contributed by atoms with van der Waals surface area (Å²) in [4.78, 5) is 28.9. The summed E-state index contributed by atoms with van der Waals surface area (Å²) < 4.78 is 5.38. The Balaban J connectivity index is 1.93. The molecule has 6 heteroatoms. The van der Waals surface area contributed by atoms with E-state index in [-0.39, 0.29) is 11.3 Å². The average molecular weight is 448 g/mol. The number of ether oxygens (including phenoxy) is 1. The first-order chi connectivity index (χ1) is 15.3. The predicted molar refractivity (Wildman–Crippen MR) is 126 cm³/mol. The minimum atomic E-state index is -0.667. The van der Waals surface area contributed by atoms with Gasteiger partial charge in [0.15, 0.2) is 0 Å². The number of rotatable bonds is 5. The number of methoxy groups -OCH3 is 1. The van der Waals surface area contributed by atoms with Gasteiger partial charge in [-0.2, -0.15) is 0 Å². The van der Waals surface area contributed by atoms with E-state index in [9.17, 15) is 14.7 Å². The van der Waals surface area contributed by atoms with Crippen molar-refractivity contribution < 1.29 is 19.4 Å². The molecule has 1 saturated heterocycles. The standard InChI is InChI=1S/C26H25NO4S/c1-15-8-5-6-10-19(15)23-22(24(28)20-12-17(3)21(31-4)13-16(20)2)25(29)26(30)27(23)14-18-9-7-11-32-18/h5-13,23,28H,14H2,1-4H3/b24-22+. The zero-order chi connectivity index (χ0) is 23.0. The molecule has 32 heavy (non-hydrogen) atoms. The SMILES string of the molecule is COc1cc(C)c(/C(O)=C2\C(=O)C(=O)N(Cc3cccs3)C2c2ccccc2C)cc1C. The van der Waals surface area contributed by atoms with Crippen molar-refractivity contribution in [2.24, 2.45) is 0 Å². The van der Waals surface area contributed by atoms with Crippen molar-refractivity contribution >= 4 is 28.8 Å². The van der Waals surface area contributed by atoms with Crippen molar-refractivity contribution in [2.75, 3.05) is 7.11 Å². The van der Waals surface area contributed by atoms with Gasteiger partial charge < -0.3 is 14.7 Å². The van der Waals surface area contributed by atoms with Crippen molar-refractivity contribution in [3.63, 3.8) is 0 Å². The molecule has 1 aromatic heterocycles. The Labute approximate surface area is 191 Å². The van der Waals surface area contributed by atoms with E-state index in [1.807, 2.05) is 68.6 Å². The van der Waals surface area contributed by atoms with E-state index in [1.165, 1.54) is 11.3 Å². The number of likely N-dealkylation sites (tertiary alicyclic amines) is 1. The summed E-state index contributed by atoms with van der Waals surface area (Å²) in [5.41, 5.74) is 4.01. The molecule has 0 aliphatic carbocycles.